The van der Waals surface area contributed by atoms with Crippen molar-refractivity contribution in [1.29, 1.82) is 0 Å². The van der Waals surface area contributed by atoms with Crippen molar-refractivity contribution in [3.05, 3.63) is 59.9 Å². The minimum Gasteiger partial charge on any atom is -0.489 e. The molecule has 1 aromatic carbocycles. The van der Waals surface area contributed by atoms with Gasteiger partial charge in [0.05, 0.1) is 18.8 Å². The number of nitrogens with zero attached hydrogens (tertiary/aromatic N) is 2. The van der Waals surface area contributed by atoms with E-state index in [1.54, 1.807) is 6.20 Å². The normalized spacial score (nSPS) is 11.2. The highest BCUT2D eigenvalue weighted by atomic mass is 19.1. The third-order valence-corrected chi connectivity index (χ3v) is 3.02. The summed E-state index contributed by atoms with van der Waals surface area (Å²) in [6, 6.07) is 8.87. The summed E-state index contributed by atoms with van der Waals surface area (Å²) in [5.74, 6) is -0.709. The summed E-state index contributed by atoms with van der Waals surface area (Å²) >= 11 is 0. The Bertz CT molecular complexity index is 665. The van der Waals surface area contributed by atoms with Gasteiger partial charge in [-0.25, -0.2) is 13.8 Å². The predicted octanol–water partition coefficient (Wildman–Crippen LogP) is 2.49. The number of guanidine groups is 1. The number of pyridine rings is 1. The van der Waals surface area contributed by atoms with Crippen molar-refractivity contribution in [1.82, 2.24) is 15.6 Å². The molecule has 1 heterocycles. The third-order valence-electron chi connectivity index (χ3n) is 3.02. The van der Waals surface area contributed by atoms with Crippen LogP contribution < -0.4 is 15.4 Å². The van der Waals surface area contributed by atoms with Crippen molar-refractivity contribution in [3.8, 4) is 5.75 Å². The largest absolute Gasteiger partial charge is 0.489 e. The third kappa shape index (κ3) is 5.83. The first-order valence-electron chi connectivity index (χ1n) is 7.69. The van der Waals surface area contributed by atoms with Crippen LogP contribution in [0.3, 0.4) is 0 Å². The van der Waals surface area contributed by atoms with E-state index in [0.717, 1.165) is 17.8 Å². The molecule has 0 bridgehead atoms. The van der Waals surface area contributed by atoms with Gasteiger partial charge in [0.25, 0.3) is 0 Å². The number of halogens is 2. The lowest BCUT2D eigenvalue weighted by Gasteiger charge is -2.12. The number of aliphatic imine (C=N–C) groups is 1. The van der Waals surface area contributed by atoms with Crippen molar-refractivity contribution in [2.45, 2.75) is 13.5 Å². The average Bonchev–Trinajstić information content (AvgIpc) is 2.59. The van der Waals surface area contributed by atoms with E-state index in [4.69, 9.17) is 4.74 Å². The van der Waals surface area contributed by atoms with Gasteiger partial charge in [0, 0.05) is 18.8 Å². The molecule has 0 aliphatic rings. The van der Waals surface area contributed by atoms with Crippen molar-refractivity contribution in [2.24, 2.45) is 4.99 Å². The molecule has 1 aromatic heterocycles. The summed E-state index contributed by atoms with van der Waals surface area (Å²) in [7, 11) is 0. The summed E-state index contributed by atoms with van der Waals surface area (Å²) in [4.78, 5) is 8.61. The molecule has 0 aliphatic carbocycles. The van der Waals surface area contributed by atoms with Gasteiger partial charge in [-0.15, -0.1) is 0 Å². The van der Waals surface area contributed by atoms with Gasteiger partial charge in [-0.2, -0.15) is 0 Å². The molecule has 7 heteroatoms. The Balaban J connectivity index is 1.80. The van der Waals surface area contributed by atoms with E-state index in [2.05, 4.69) is 20.6 Å². The van der Waals surface area contributed by atoms with E-state index < -0.39 is 11.6 Å². The van der Waals surface area contributed by atoms with Crippen LogP contribution >= 0.6 is 0 Å². The topological polar surface area (TPSA) is 58.5 Å². The Morgan fingerprint density at radius 3 is 2.79 bits per heavy atom. The van der Waals surface area contributed by atoms with Gasteiger partial charge in [0.1, 0.15) is 12.4 Å². The maximum Gasteiger partial charge on any atom is 0.191 e. The summed E-state index contributed by atoms with van der Waals surface area (Å²) in [6.45, 7) is 3.76. The van der Waals surface area contributed by atoms with E-state index >= 15 is 0 Å². The van der Waals surface area contributed by atoms with Gasteiger partial charge in [0.15, 0.2) is 17.5 Å². The smallest absolute Gasteiger partial charge is 0.191 e. The Kier molecular flexibility index (Phi) is 6.94. The number of ether oxygens (including phenoxy) is 1. The van der Waals surface area contributed by atoms with Crippen molar-refractivity contribution < 1.29 is 13.5 Å². The second-order valence-corrected chi connectivity index (χ2v) is 4.87. The fourth-order valence-electron chi connectivity index (χ4n) is 1.92. The second-order valence-electron chi connectivity index (χ2n) is 4.87. The fraction of sp³-hybridized carbons (Fsp3) is 0.294. The summed E-state index contributed by atoms with van der Waals surface area (Å²) in [5.41, 5.74) is 0.860. The molecule has 24 heavy (non-hydrogen) atoms. The van der Waals surface area contributed by atoms with Crippen molar-refractivity contribution in [3.63, 3.8) is 0 Å². The van der Waals surface area contributed by atoms with E-state index in [-0.39, 0.29) is 12.4 Å². The average molecular weight is 334 g/mol. The molecule has 0 saturated carbocycles. The maximum absolute atomic E-state index is 13.4. The van der Waals surface area contributed by atoms with Crippen LogP contribution in [0.15, 0.2) is 47.6 Å². The van der Waals surface area contributed by atoms with Crippen LogP contribution in [0.1, 0.15) is 12.6 Å². The molecule has 0 atom stereocenters. The molecular weight excluding hydrogens is 314 g/mol. The number of rotatable bonds is 7. The number of hydrogen-bond acceptors (Lipinski definition) is 3. The highest BCUT2D eigenvalue weighted by molar-refractivity contribution is 5.79. The fourth-order valence-corrected chi connectivity index (χ4v) is 1.92. The quantitative estimate of drug-likeness (QED) is 0.464. The van der Waals surface area contributed by atoms with Crippen LogP contribution in [-0.2, 0) is 6.54 Å². The van der Waals surface area contributed by atoms with Gasteiger partial charge in [-0.3, -0.25) is 4.98 Å². The molecule has 2 N–H and O–H groups in total. The Labute approximate surface area is 139 Å². The van der Waals surface area contributed by atoms with E-state index in [9.17, 15) is 8.78 Å². The lowest BCUT2D eigenvalue weighted by atomic mass is 10.3. The molecule has 2 aromatic rings. The molecule has 0 radical (unpaired) electrons. The Hall–Kier alpha value is -2.70. The second kappa shape index (κ2) is 9.44. The maximum atomic E-state index is 13.4. The van der Waals surface area contributed by atoms with Gasteiger partial charge in [0.2, 0.25) is 0 Å². The van der Waals surface area contributed by atoms with E-state index in [1.165, 1.54) is 6.07 Å². The van der Waals surface area contributed by atoms with Crippen LogP contribution in [-0.4, -0.2) is 30.6 Å². The minimum atomic E-state index is -0.717. The molecule has 2 rings (SSSR count). The molecular formula is C17H20F2N4O. The first kappa shape index (κ1) is 17.7. The zero-order valence-corrected chi connectivity index (χ0v) is 13.4. The molecule has 128 valence electrons. The number of benzene rings is 1. The van der Waals surface area contributed by atoms with E-state index in [0.29, 0.717) is 25.6 Å². The van der Waals surface area contributed by atoms with Crippen molar-refractivity contribution in [2.75, 3.05) is 19.7 Å². The van der Waals surface area contributed by atoms with Crippen molar-refractivity contribution >= 4 is 5.96 Å². The standard InChI is InChI=1S/C17H20F2N4O/c1-2-20-17(23-12-14-5-3-4-8-21-14)22-9-10-24-16-7-6-13(18)11-15(16)19/h3-8,11H,2,9-10,12H2,1H3,(H2,20,22,23). The van der Waals surface area contributed by atoms with Gasteiger partial charge >= 0.3 is 0 Å². The molecule has 0 aliphatic heterocycles. The molecule has 0 spiro atoms. The summed E-state index contributed by atoms with van der Waals surface area (Å²) in [6.07, 6.45) is 1.72. The first-order chi connectivity index (χ1) is 11.7. The monoisotopic (exact) mass is 334 g/mol. The van der Waals surface area contributed by atoms with Gasteiger partial charge in [-0.1, -0.05) is 6.07 Å². The van der Waals surface area contributed by atoms with Crippen LogP contribution in [0, 0.1) is 11.6 Å². The number of nitrogens with one attached hydrogen (secondary N) is 2. The Morgan fingerprint density at radius 2 is 2.08 bits per heavy atom. The highest BCUT2D eigenvalue weighted by Gasteiger charge is 2.04. The van der Waals surface area contributed by atoms with Crippen LogP contribution in [0.5, 0.6) is 5.75 Å². The zero-order chi connectivity index (χ0) is 17.2. The van der Waals surface area contributed by atoms with Crippen LogP contribution in [0.25, 0.3) is 0 Å². The predicted molar refractivity (Wildman–Crippen MR) is 88.9 cm³/mol. The lowest BCUT2D eigenvalue weighted by molar-refractivity contribution is 0.304. The number of aromatic nitrogens is 1. The van der Waals surface area contributed by atoms with Crippen LogP contribution in [0.2, 0.25) is 0 Å². The lowest BCUT2D eigenvalue weighted by Crippen LogP contribution is -2.39. The highest BCUT2D eigenvalue weighted by Crippen LogP contribution is 2.17. The van der Waals surface area contributed by atoms with Crippen LogP contribution in [0.4, 0.5) is 8.78 Å². The zero-order valence-electron chi connectivity index (χ0n) is 13.4. The minimum absolute atomic E-state index is 0.0219. The summed E-state index contributed by atoms with van der Waals surface area (Å²) < 4.78 is 31.5. The first-order valence-corrected chi connectivity index (χ1v) is 7.69. The number of hydrogen-bond donors (Lipinski definition) is 2. The van der Waals surface area contributed by atoms with Gasteiger partial charge in [-0.05, 0) is 31.2 Å². The Morgan fingerprint density at radius 1 is 1.21 bits per heavy atom. The van der Waals surface area contributed by atoms with E-state index in [1.807, 2.05) is 25.1 Å². The SMILES string of the molecule is CCNC(=NCc1ccccn1)NCCOc1ccc(F)cc1F. The molecule has 0 fully saturated rings. The summed E-state index contributed by atoms with van der Waals surface area (Å²) in [5, 5.41) is 6.18. The van der Waals surface area contributed by atoms with Gasteiger partial charge < -0.3 is 15.4 Å². The molecule has 0 unspecified atom stereocenters. The molecule has 5 nitrogen and oxygen atoms in total. The molecule has 0 amide bonds. The molecule has 0 saturated heterocycles.